The van der Waals surface area contributed by atoms with Crippen molar-refractivity contribution in [1.29, 1.82) is 0 Å². The van der Waals surface area contributed by atoms with E-state index in [-0.39, 0.29) is 23.0 Å². The SMILES string of the molecule is CC(C)(C)c1ccc(N2c3cc(N(c4ccccc4)c4ccccc4)cc4c3B(c3ccc(-c5ccccc5)cc3N4c3cccc(-c4ccccc4)c3)c3sc4c(c32)C(C)(C)CCC4(C)C)cc1. The second-order valence-electron chi connectivity index (χ2n) is 21.6. The van der Waals surface area contributed by atoms with E-state index < -0.39 is 0 Å². The zero-order chi connectivity index (χ0) is 47.2. The van der Waals surface area contributed by atoms with Crippen molar-refractivity contribution in [1.82, 2.24) is 0 Å². The quantitative estimate of drug-likeness (QED) is 0.148. The Kier molecular flexibility index (Phi) is 10.2. The molecule has 9 aromatic rings. The third-order valence-electron chi connectivity index (χ3n) is 15.1. The van der Waals surface area contributed by atoms with Crippen LogP contribution >= 0.6 is 11.3 Å². The van der Waals surface area contributed by atoms with Crippen molar-refractivity contribution < 1.29 is 0 Å². The van der Waals surface area contributed by atoms with E-state index in [0.29, 0.717) is 0 Å². The van der Waals surface area contributed by atoms with Crippen molar-refractivity contribution in [3.05, 3.63) is 216 Å². The molecule has 0 radical (unpaired) electrons. The van der Waals surface area contributed by atoms with Gasteiger partial charge in [-0.2, -0.15) is 11.3 Å². The molecule has 0 unspecified atom stereocenters. The molecule has 0 N–H and O–H groups in total. The summed E-state index contributed by atoms with van der Waals surface area (Å²) in [6, 6.07) is 74.6. The maximum atomic E-state index is 2.69. The summed E-state index contributed by atoms with van der Waals surface area (Å²) < 4.78 is 1.44. The summed E-state index contributed by atoms with van der Waals surface area (Å²) in [6.45, 7) is 16.9. The van der Waals surface area contributed by atoms with Crippen molar-refractivity contribution in [2.75, 3.05) is 14.7 Å². The van der Waals surface area contributed by atoms with Crippen LogP contribution in [0.25, 0.3) is 22.3 Å². The van der Waals surface area contributed by atoms with Crippen molar-refractivity contribution in [3.63, 3.8) is 0 Å². The normalized spacial score (nSPS) is 15.2. The molecule has 0 saturated carbocycles. The molecule has 5 heteroatoms. The van der Waals surface area contributed by atoms with E-state index in [1.54, 1.807) is 0 Å². The van der Waals surface area contributed by atoms with Gasteiger partial charge in [-0.15, -0.1) is 0 Å². The van der Waals surface area contributed by atoms with Gasteiger partial charge in [-0.25, -0.2) is 0 Å². The highest BCUT2D eigenvalue weighted by atomic mass is 32.1. The highest BCUT2D eigenvalue weighted by Crippen LogP contribution is 2.57. The molecule has 0 atom stereocenters. The molecule has 3 aliphatic rings. The number of para-hydroxylation sites is 2. The largest absolute Gasteiger partial charge is 0.311 e. The molecule has 338 valence electrons. The van der Waals surface area contributed by atoms with Crippen LogP contribution in [-0.2, 0) is 16.2 Å². The van der Waals surface area contributed by atoms with Gasteiger partial charge in [0.15, 0.2) is 0 Å². The van der Waals surface area contributed by atoms with Crippen molar-refractivity contribution >= 4 is 84.9 Å². The first-order valence-electron chi connectivity index (χ1n) is 24.7. The molecule has 3 heterocycles. The van der Waals surface area contributed by atoms with Gasteiger partial charge in [0.1, 0.15) is 0 Å². The van der Waals surface area contributed by atoms with E-state index in [4.69, 9.17) is 0 Å². The van der Waals surface area contributed by atoms with Gasteiger partial charge in [-0.05, 0) is 140 Å². The van der Waals surface area contributed by atoms with Crippen molar-refractivity contribution in [2.24, 2.45) is 0 Å². The predicted molar refractivity (Wildman–Crippen MR) is 298 cm³/mol. The molecule has 0 fully saturated rings. The molecular weight excluding hydrogens is 854 g/mol. The number of thiophene rings is 1. The predicted octanol–water partition coefficient (Wildman–Crippen LogP) is 16.3. The standard InChI is InChI=1S/C64H58BN3S/c1-62(2,3)47-32-34-50(35-33-47)68-56-42-52(66(48-26-16-10-17-27-48)49-28-18-11-19-29-49)41-55-58(56)65(61-59(68)57-60(69-61)64(6,7)38-37-63(57,4)5)53-36-31-46(44-23-14-9-15-24-44)40-54(53)67(55)51-30-20-25-45(39-51)43-21-12-8-13-22-43/h8-36,39-42H,37-38H2,1-7H3. The third kappa shape index (κ3) is 7.24. The van der Waals surface area contributed by atoms with Gasteiger partial charge in [0.2, 0.25) is 0 Å². The zero-order valence-electron chi connectivity index (χ0n) is 40.8. The minimum absolute atomic E-state index is 0.00151. The van der Waals surface area contributed by atoms with Crippen LogP contribution in [0.4, 0.5) is 51.2 Å². The van der Waals surface area contributed by atoms with Gasteiger partial charge in [-0.3, -0.25) is 0 Å². The molecule has 1 aromatic heterocycles. The van der Waals surface area contributed by atoms with Gasteiger partial charge in [0.25, 0.3) is 6.71 Å². The summed E-state index contributed by atoms with van der Waals surface area (Å²) in [7, 11) is 0. The van der Waals surface area contributed by atoms with Gasteiger partial charge in [-0.1, -0.05) is 182 Å². The van der Waals surface area contributed by atoms with E-state index in [0.717, 1.165) is 35.6 Å². The Morgan fingerprint density at radius 1 is 0.478 bits per heavy atom. The lowest BCUT2D eigenvalue weighted by atomic mass is 9.36. The molecule has 0 amide bonds. The average Bonchev–Trinajstić information content (AvgIpc) is 3.79. The van der Waals surface area contributed by atoms with E-state index in [2.05, 4.69) is 275 Å². The minimum Gasteiger partial charge on any atom is -0.311 e. The first-order valence-corrected chi connectivity index (χ1v) is 25.5. The number of anilines is 9. The zero-order valence-corrected chi connectivity index (χ0v) is 41.6. The number of hydrogen-bond acceptors (Lipinski definition) is 4. The summed E-state index contributed by atoms with van der Waals surface area (Å²) in [6.07, 6.45) is 2.29. The summed E-state index contributed by atoms with van der Waals surface area (Å²) in [5.41, 5.74) is 21.0. The Labute approximate surface area is 413 Å². The highest BCUT2D eigenvalue weighted by molar-refractivity contribution is 7.29. The van der Waals surface area contributed by atoms with E-state index in [1.165, 1.54) is 82.4 Å². The maximum Gasteiger partial charge on any atom is 0.264 e. The fourth-order valence-electron chi connectivity index (χ4n) is 11.4. The fraction of sp³-hybridized carbons (Fsp3) is 0.188. The lowest BCUT2D eigenvalue weighted by Gasteiger charge is -2.46. The second-order valence-corrected chi connectivity index (χ2v) is 22.7. The number of fused-ring (bicyclic) bond motifs is 6. The van der Waals surface area contributed by atoms with Crippen LogP contribution in [0, 0.1) is 0 Å². The molecule has 0 bridgehead atoms. The lowest BCUT2D eigenvalue weighted by molar-refractivity contribution is 0.339. The topological polar surface area (TPSA) is 9.72 Å². The van der Waals surface area contributed by atoms with Gasteiger partial charge < -0.3 is 14.7 Å². The first-order chi connectivity index (χ1) is 33.4. The Hall–Kier alpha value is -7.08. The maximum absolute atomic E-state index is 2.69. The first kappa shape index (κ1) is 43.2. The smallest absolute Gasteiger partial charge is 0.264 e. The van der Waals surface area contributed by atoms with E-state index >= 15 is 0 Å². The fourth-order valence-corrected chi connectivity index (χ4v) is 13.1. The number of rotatable bonds is 7. The van der Waals surface area contributed by atoms with Crippen LogP contribution in [0.15, 0.2) is 200 Å². The Morgan fingerprint density at radius 3 is 1.61 bits per heavy atom. The van der Waals surface area contributed by atoms with Crippen LogP contribution in [0.1, 0.15) is 77.3 Å². The minimum atomic E-state index is -0.0326. The summed E-state index contributed by atoms with van der Waals surface area (Å²) in [5, 5.41) is 0. The summed E-state index contributed by atoms with van der Waals surface area (Å²) in [4.78, 5) is 9.27. The molecule has 12 rings (SSSR count). The number of nitrogens with zero attached hydrogens (tertiary/aromatic N) is 3. The molecule has 69 heavy (non-hydrogen) atoms. The van der Waals surface area contributed by atoms with Crippen LogP contribution in [0.2, 0.25) is 0 Å². The molecule has 0 spiro atoms. The molecular formula is C64H58BN3S. The van der Waals surface area contributed by atoms with Crippen LogP contribution < -0.4 is 30.4 Å². The van der Waals surface area contributed by atoms with E-state index in [1.807, 2.05) is 0 Å². The van der Waals surface area contributed by atoms with Crippen LogP contribution in [0.5, 0.6) is 0 Å². The number of benzene rings is 8. The summed E-state index contributed by atoms with van der Waals surface area (Å²) in [5.74, 6) is 0. The van der Waals surface area contributed by atoms with Gasteiger partial charge >= 0.3 is 0 Å². The van der Waals surface area contributed by atoms with Crippen LogP contribution in [-0.4, -0.2) is 6.71 Å². The number of hydrogen-bond donors (Lipinski definition) is 0. The van der Waals surface area contributed by atoms with Gasteiger partial charge in [0.05, 0.1) is 11.4 Å². The molecule has 8 aromatic carbocycles. The third-order valence-corrected chi connectivity index (χ3v) is 16.7. The Bertz CT molecular complexity index is 3330. The highest BCUT2D eigenvalue weighted by Gasteiger charge is 2.51. The molecule has 2 aliphatic heterocycles. The Balaban J connectivity index is 1.23. The lowest BCUT2D eigenvalue weighted by Crippen LogP contribution is -2.60. The second kappa shape index (κ2) is 16.3. The molecule has 1 aliphatic carbocycles. The average molecular weight is 912 g/mol. The molecule has 0 saturated heterocycles. The van der Waals surface area contributed by atoms with E-state index in [9.17, 15) is 0 Å². The van der Waals surface area contributed by atoms with Crippen molar-refractivity contribution in [3.8, 4) is 22.3 Å². The summed E-state index contributed by atoms with van der Waals surface area (Å²) >= 11 is 2.09. The Morgan fingerprint density at radius 2 is 1.01 bits per heavy atom. The van der Waals surface area contributed by atoms with Gasteiger partial charge in [0, 0.05) is 49.5 Å². The molecule has 3 nitrogen and oxygen atoms in total. The van der Waals surface area contributed by atoms with Crippen molar-refractivity contribution in [2.45, 2.75) is 77.6 Å². The monoisotopic (exact) mass is 911 g/mol. The van der Waals surface area contributed by atoms with Crippen LogP contribution in [0.3, 0.4) is 0 Å².